The van der Waals surface area contributed by atoms with Crippen molar-refractivity contribution in [3.63, 3.8) is 0 Å². The van der Waals surface area contributed by atoms with E-state index in [0.717, 1.165) is 24.6 Å². The van der Waals surface area contributed by atoms with Gasteiger partial charge in [0.25, 0.3) is 0 Å². The van der Waals surface area contributed by atoms with Gasteiger partial charge >= 0.3 is 0 Å². The van der Waals surface area contributed by atoms with Gasteiger partial charge in [-0.2, -0.15) is 0 Å². The monoisotopic (exact) mass is 285 g/mol. The molecule has 86 valence electrons. The zero-order valence-corrected chi connectivity index (χ0v) is 11.6. The lowest BCUT2D eigenvalue weighted by molar-refractivity contribution is 0.449. The average Bonchev–Trinajstić information content (AvgIpc) is 2.11. The van der Waals surface area contributed by atoms with E-state index in [4.69, 9.17) is 0 Å². The molecule has 0 bridgehead atoms. The number of hydrogen-bond acceptors (Lipinski definition) is 2. The summed E-state index contributed by atoms with van der Waals surface area (Å²) in [6.45, 7) is 4.06. The number of hydrogen-bond donors (Lipinski definition) is 0. The second kappa shape index (κ2) is 6.80. The average molecular weight is 286 g/mol. The second-order valence-corrected chi connectivity index (χ2v) is 7.05. The summed E-state index contributed by atoms with van der Waals surface area (Å²) in [7, 11) is -1.39. The van der Waals surface area contributed by atoms with Crippen LogP contribution in [0.1, 0.15) is 33.1 Å². The summed E-state index contributed by atoms with van der Waals surface area (Å²) in [6, 6.07) is 0. The molecule has 0 aliphatic rings. The summed E-state index contributed by atoms with van der Waals surface area (Å²) in [5, 5.41) is 0.678. The Morgan fingerprint density at radius 1 is 1.21 bits per heavy atom. The summed E-state index contributed by atoms with van der Waals surface area (Å²) < 4.78 is 24.7. The topological polar surface area (TPSA) is 37.4 Å². The first-order valence-electron chi connectivity index (χ1n) is 4.94. The Kier molecular flexibility index (Phi) is 6.99. The Balaban J connectivity index is 3.90. The van der Waals surface area contributed by atoms with Crippen LogP contribution in [-0.2, 0) is 10.0 Å². The van der Waals surface area contributed by atoms with Gasteiger partial charge < -0.3 is 0 Å². The minimum absolute atomic E-state index is 0.316. The Labute approximate surface area is 96.0 Å². The third-order valence-corrected chi connectivity index (χ3v) is 4.94. The van der Waals surface area contributed by atoms with Crippen LogP contribution in [0.3, 0.4) is 0 Å². The predicted molar refractivity (Wildman–Crippen MR) is 64.3 cm³/mol. The molecule has 0 rings (SSSR count). The standard InChI is InChI=1S/C9H20BrNO2S/c1-9(2)14(12,13)11(3)8-6-4-5-7-10/h9H,4-8H2,1-3H3. The molecule has 0 saturated carbocycles. The van der Waals surface area contributed by atoms with Crippen molar-refractivity contribution < 1.29 is 8.42 Å². The molecule has 0 fully saturated rings. The third-order valence-electron chi connectivity index (χ3n) is 2.14. The van der Waals surface area contributed by atoms with Crippen LogP contribution in [0.15, 0.2) is 0 Å². The highest BCUT2D eigenvalue weighted by atomic mass is 79.9. The largest absolute Gasteiger partial charge is 0.216 e. The smallest absolute Gasteiger partial charge is 0.212 e. The molecular weight excluding hydrogens is 266 g/mol. The van der Waals surface area contributed by atoms with E-state index >= 15 is 0 Å². The van der Waals surface area contributed by atoms with Gasteiger partial charge in [0.05, 0.1) is 5.25 Å². The molecule has 0 radical (unpaired) electrons. The molecule has 0 unspecified atom stereocenters. The lowest BCUT2D eigenvalue weighted by Crippen LogP contribution is -2.33. The van der Waals surface area contributed by atoms with E-state index in [1.807, 2.05) is 0 Å². The first-order chi connectivity index (χ1) is 6.42. The summed E-state index contributed by atoms with van der Waals surface area (Å²) in [5.74, 6) is 0. The number of sulfonamides is 1. The van der Waals surface area contributed by atoms with Crippen molar-refractivity contribution >= 4 is 26.0 Å². The fourth-order valence-corrected chi connectivity index (χ4v) is 2.59. The van der Waals surface area contributed by atoms with E-state index in [2.05, 4.69) is 15.9 Å². The second-order valence-electron chi connectivity index (χ2n) is 3.66. The highest BCUT2D eigenvalue weighted by Crippen LogP contribution is 2.08. The highest BCUT2D eigenvalue weighted by molar-refractivity contribution is 9.09. The normalized spacial score (nSPS) is 12.7. The molecule has 0 aromatic rings. The van der Waals surface area contributed by atoms with E-state index in [9.17, 15) is 8.42 Å². The Morgan fingerprint density at radius 2 is 1.79 bits per heavy atom. The molecule has 0 saturated heterocycles. The molecule has 0 spiro atoms. The minimum Gasteiger partial charge on any atom is -0.212 e. The van der Waals surface area contributed by atoms with Gasteiger partial charge in [-0.1, -0.05) is 22.4 Å². The maximum atomic E-state index is 11.6. The van der Waals surface area contributed by atoms with Crippen LogP contribution in [0.2, 0.25) is 0 Å². The fraction of sp³-hybridized carbons (Fsp3) is 1.00. The molecule has 0 aromatic carbocycles. The Bertz CT molecular complexity index is 239. The van der Waals surface area contributed by atoms with Crippen LogP contribution >= 0.6 is 15.9 Å². The number of nitrogens with zero attached hydrogens (tertiary/aromatic N) is 1. The maximum Gasteiger partial charge on any atom is 0.216 e. The molecule has 0 aliphatic heterocycles. The van der Waals surface area contributed by atoms with E-state index in [1.54, 1.807) is 20.9 Å². The van der Waals surface area contributed by atoms with Crippen LogP contribution < -0.4 is 0 Å². The summed E-state index contributed by atoms with van der Waals surface area (Å²) in [6.07, 6.45) is 3.12. The van der Waals surface area contributed by atoms with Crippen molar-refractivity contribution in [3.05, 3.63) is 0 Å². The van der Waals surface area contributed by atoms with E-state index in [0.29, 0.717) is 6.54 Å². The van der Waals surface area contributed by atoms with Crippen molar-refractivity contribution in [2.45, 2.75) is 38.4 Å². The quantitative estimate of drug-likeness (QED) is 0.531. The van der Waals surface area contributed by atoms with E-state index in [-0.39, 0.29) is 5.25 Å². The summed E-state index contributed by atoms with van der Waals surface area (Å²) in [4.78, 5) is 0. The van der Waals surface area contributed by atoms with Crippen LogP contribution in [0.5, 0.6) is 0 Å². The van der Waals surface area contributed by atoms with Gasteiger partial charge in [-0.05, 0) is 26.7 Å². The molecule has 0 atom stereocenters. The van der Waals surface area contributed by atoms with Crippen LogP contribution in [0.4, 0.5) is 0 Å². The first kappa shape index (κ1) is 14.4. The Hall–Kier alpha value is 0.390. The number of alkyl halides is 1. The van der Waals surface area contributed by atoms with Crippen molar-refractivity contribution in [1.82, 2.24) is 4.31 Å². The molecular formula is C9H20BrNO2S. The van der Waals surface area contributed by atoms with Crippen molar-refractivity contribution in [1.29, 1.82) is 0 Å². The minimum atomic E-state index is -3.04. The number of unbranched alkanes of at least 4 members (excludes halogenated alkanes) is 2. The predicted octanol–water partition coefficient (Wildman–Crippen LogP) is 2.22. The van der Waals surface area contributed by atoms with Gasteiger partial charge in [-0.25, -0.2) is 12.7 Å². The first-order valence-corrected chi connectivity index (χ1v) is 7.56. The number of halogens is 1. The molecule has 14 heavy (non-hydrogen) atoms. The van der Waals surface area contributed by atoms with E-state index in [1.165, 1.54) is 4.31 Å². The molecule has 3 nitrogen and oxygen atoms in total. The fourth-order valence-electron chi connectivity index (χ4n) is 1.09. The van der Waals surface area contributed by atoms with Crippen LogP contribution in [0.25, 0.3) is 0 Å². The lowest BCUT2D eigenvalue weighted by atomic mass is 10.2. The molecule has 5 heteroatoms. The van der Waals surface area contributed by atoms with Crippen LogP contribution in [-0.4, -0.2) is 36.9 Å². The van der Waals surface area contributed by atoms with Gasteiger partial charge in [-0.15, -0.1) is 0 Å². The molecule has 0 aliphatic carbocycles. The van der Waals surface area contributed by atoms with Crippen molar-refractivity contribution in [2.24, 2.45) is 0 Å². The molecule has 0 heterocycles. The van der Waals surface area contributed by atoms with Gasteiger partial charge in [0, 0.05) is 18.9 Å². The van der Waals surface area contributed by atoms with Crippen LogP contribution in [0, 0.1) is 0 Å². The molecule has 0 amide bonds. The van der Waals surface area contributed by atoms with Gasteiger partial charge in [0.15, 0.2) is 0 Å². The maximum absolute atomic E-state index is 11.6. The van der Waals surface area contributed by atoms with E-state index < -0.39 is 10.0 Å². The van der Waals surface area contributed by atoms with Crippen molar-refractivity contribution in [3.8, 4) is 0 Å². The summed E-state index contributed by atoms with van der Waals surface area (Å²) in [5.41, 5.74) is 0. The third kappa shape index (κ3) is 4.75. The zero-order chi connectivity index (χ0) is 11.2. The lowest BCUT2D eigenvalue weighted by Gasteiger charge is -2.19. The number of rotatable bonds is 7. The summed E-state index contributed by atoms with van der Waals surface area (Å²) >= 11 is 3.35. The molecule has 0 N–H and O–H groups in total. The highest BCUT2D eigenvalue weighted by Gasteiger charge is 2.21. The van der Waals surface area contributed by atoms with Crippen molar-refractivity contribution in [2.75, 3.05) is 18.9 Å². The molecule has 0 aromatic heterocycles. The SMILES string of the molecule is CC(C)S(=O)(=O)N(C)CCCCCBr. The zero-order valence-electron chi connectivity index (χ0n) is 9.16. The van der Waals surface area contributed by atoms with Gasteiger partial charge in [-0.3, -0.25) is 0 Å². The Morgan fingerprint density at radius 3 is 2.21 bits per heavy atom. The van der Waals surface area contributed by atoms with Gasteiger partial charge in [0.2, 0.25) is 10.0 Å². The van der Waals surface area contributed by atoms with Gasteiger partial charge in [0.1, 0.15) is 0 Å².